The predicted octanol–water partition coefficient (Wildman–Crippen LogP) is 5.08. The van der Waals surface area contributed by atoms with E-state index in [0.717, 1.165) is 11.1 Å². The van der Waals surface area contributed by atoms with Crippen molar-refractivity contribution in [2.24, 2.45) is 35.1 Å². The van der Waals surface area contributed by atoms with Crippen LogP contribution in [0.15, 0.2) is 60.7 Å². The van der Waals surface area contributed by atoms with Gasteiger partial charge in [-0.3, -0.25) is 33.6 Å². The summed E-state index contributed by atoms with van der Waals surface area (Å²) < 4.78 is 0. The summed E-state index contributed by atoms with van der Waals surface area (Å²) in [7, 11) is 0. The molecule has 10 N–H and O–H groups in total. The first-order valence-corrected chi connectivity index (χ1v) is 25.9. The van der Waals surface area contributed by atoms with Crippen molar-refractivity contribution in [3.63, 3.8) is 0 Å². The molecule has 380 valence electrons. The van der Waals surface area contributed by atoms with Crippen molar-refractivity contribution in [1.29, 1.82) is 0 Å². The Balaban J connectivity index is 2.18. The van der Waals surface area contributed by atoms with E-state index in [9.17, 15) is 33.6 Å². The van der Waals surface area contributed by atoms with Gasteiger partial charge in [0.2, 0.25) is 41.4 Å². The summed E-state index contributed by atoms with van der Waals surface area (Å²) in [5.74, 6) is -1.16. The summed E-state index contributed by atoms with van der Waals surface area (Å²) in [5.41, 5.74) is 13.5. The third kappa shape index (κ3) is 26.5. The third-order valence-corrected chi connectivity index (χ3v) is 12.3. The van der Waals surface area contributed by atoms with Gasteiger partial charge >= 0.3 is 0 Å². The molecular formula is C52H84N8O7S. The SMILES string of the molecule is CSCC[C@@H](CC(=O)N[C@H](CC(=O)N[C@H](CC(=O)N[C@H](CC(N)=O)C(C)C)CC(C)C)Cc1ccccc1)NC(=O)C[C@H](CC(C)C)NC(=O)C[C@H](Cc1ccccc1)NC(=O)C[C@@H](N)C(C)C. The van der Waals surface area contributed by atoms with Crippen molar-refractivity contribution in [2.75, 3.05) is 12.0 Å². The Kier molecular flexibility index (Phi) is 27.8. The molecule has 0 saturated heterocycles. The number of rotatable bonds is 33. The van der Waals surface area contributed by atoms with Gasteiger partial charge in [-0.1, -0.05) is 116 Å². The van der Waals surface area contributed by atoms with Gasteiger partial charge in [0.05, 0.1) is 0 Å². The highest BCUT2D eigenvalue weighted by molar-refractivity contribution is 7.98. The first-order chi connectivity index (χ1) is 32.1. The number of benzene rings is 2. The topological polar surface area (TPSA) is 244 Å². The number of nitrogens with two attached hydrogens (primary N) is 2. The van der Waals surface area contributed by atoms with E-state index in [1.807, 2.05) is 122 Å². The molecule has 2 aromatic rings. The normalized spacial score (nSPS) is 14.6. The summed E-state index contributed by atoms with van der Waals surface area (Å²) in [6.07, 6.45) is 4.46. The molecule has 0 aliphatic carbocycles. The summed E-state index contributed by atoms with van der Waals surface area (Å²) in [6, 6.07) is 15.8. The zero-order chi connectivity index (χ0) is 50.8. The Hall–Kier alpha value is -4.96. The van der Waals surface area contributed by atoms with Crippen LogP contribution < -0.4 is 43.4 Å². The minimum absolute atomic E-state index is 0.00407. The molecule has 7 amide bonds. The van der Waals surface area contributed by atoms with Gasteiger partial charge in [0, 0.05) is 87.2 Å². The maximum Gasteiger partial charge on any atom is 0.222 e. The average molecular weight is 965 g/mol. The highest BCUT2D eigenvalue weighted by Crippen LogP contribution is 2.16. The first kappa shape index (κ1) is 59.2. The number of primary amides is 1. The molecule has 0 heterocycles. The largest absolute Gasteiger partial charge is 0.370 e. The minimum Gasteiger partial charge on any atom is -0.370 e. The van der Waals surface area contributed by atoms with Gasteiger partial charge in [-0.2, -0.15) is 11.8 Å². The highest BCUT2D eigenvalue weighted by atomic mass is 32.2. The van der Waals surface area contributed by atoms with E-state index < -0.39 is 42.2 Å². The van der Waals surface area contributed by atoms with E-state index in [1.165, 1.54) is 0 Å². The lowest BCUT2D eigenvalue weighted by molar-refractivity contribution is -0.127. The van der Waals surface area contributed by atoms with Gasteiger partial charge in [0.15, 0.2) is 0 Å². The van der Waals surface area contributed by atoms with Crippen molar-refractivity contribution in [3.8, 4) is 0 Å². The van der Waals surface area contributed by atoms with Crippen molar-refractivity contribution in [1.82, 2.24) is 31.9 Å². The second kappa shape index (κ2) is 32.0. The predicted molar refractivity (Wildman–Crippen MR) is 273 cm³/mol. The van der Waals surface area contributed by atoms with Crippen LogP contribution in [0.5, 0.6) is 0 Å². The number of hydrogen-bond donors (Lipinski definition) is 8. The first-order valence-electron chi connectivity index (χ1n) is 24.5. The average Bonchev–Trinajstić information content (AvgIpc) is 3.22. The fourth-order valence-electron chi connectivity index (χ4n) is 8.09. The number of thioether (sulfide) groups is 1. The molecule has 0 aromatic heterocycles. The highest BCUT2D eigenvalue weighted by Gasteiger charge is 2.27. The summed E-state index contributed by atoms with van der Waals surface area (Å²) in [5, 5.41) is 18.2. The van der Waals surface area contributed by atoms with Crippen molar-refractivity contribution in [3.05, 3.63) is 71.8 Å². The lowest BCUT2D eigenvalue weighted by atomic mass is 9.97. The Bertz CT molecular complexity index is 1850. The minimum atomic E-state index is -0.593. The molecule has 0 fully saturated rings. The number of carbonyl (C=O) groups excluding carboxylic acids is 7. The smallest absolute Gasteiger partial charge is 0.222 e. The second-order valence-corrected chi connectivity index (χ2v) is 20.9. The van der Waals surface area contributed by atoms with Gasteiger partial charge in [0.1, 0.15) is 0 Å². The van der Waals surface area contributed by atoms with E-state index in [-0.39, 0.29) is 110 Å². The molecule has 0 bridgehead atoms. The number of amides is 7. The third-order valence-electron chi connectivity index (χ3n) is 11.7. The zero-order valence-electron chi connectivity index (χ0n) is 42.2. The van der Waals surface area contributed by atoms with Crippen LogP contribution in [-0.2, 0) is 46.4 Å². The van der Waals surface area contributed by atoms with Crippen molar-refractivity contribution < 1.29 is 33.6 Å². The molecule has 0 spiro atoms. The van der Waals surface area contributed by atoms with Gasteiger partial charge in [-0.25, -0.2) is 0 Å². The lowest BCUT2D eigenvalue weighted by Gasteiger charge is -2.26. The summed E-state index contributed by atoms with van der Waals surface area (Å²) >= 11 is 1.60. The van der Waals surface area contributed by atoms with Gasteiger partial charge < -0.3 is 43.4 Å². The zero-order valence-corrected chi connectivity index (χ0v) is 43.1. The quantitative estimate of drug-likeness (QED) is 0.0475. The molecule has 0 radical (unpaired) electrons. The van der Waals surface area contributed by atoms with Crippen LogP contribution in [0.4, 0.5) is 0 Å². The van der Waals surface area contributed by atoms with Gasteiger partial charge in [0.25, 0.3) is 0 Å². The van der Waals surface area contributed by atoms with Crippen LogP contribution in [0.1, 0.15) is 131 Å². The van der Waals surface area contributed by atoms with Crippen molar-refractivity contribution >= 4 is 53.1 Å². The molecule has 0 unspecified atom stereocenters. The molecule has 15 nitrogen and oxygen atoms in total. The van der Waals surface area contributed by atoms with E-state index in [2.05, 4.69) is 31.9 Å². The maximum absolute atomic E-state index is 13.9. The van der Waals surface area contributed by atoms with Gasteiger partial charge in [-0.05, 0) is 78.9 Å². The Morgan fingerprint density at radius 2 is 0.824 bits per heavy atom. The maximum atomic E-state index is 13.9. The van der Waals surface area contributed by atoms with Crippen LogP contribution in [0.25, 0.3) is 0 Å². The van der Waals surface area contributed by atoms with E-state index in [4.69, 9.17) is 11.5 Å². The van der Waals surface area contributed by atoms with Crippen LogP contribution in [0, 0.1) is 23.7 Å². The molecular weight excluding hydrogens is 881 g/mol. The van der Waals surface area contributed by atoms with Crippen LogP contribution in [0.3, 0.4) is 0 Å². The Morgan fingerprint density at radius 3 is 1.19 bits per heavy atom. The summed E-state index contributed by atoms with van der Waals surface area (Å²) in [4.78, 5) is 92.8. The molecule has 0 aliphatic rings. The van der Waals surface area contributed by atoms with E-state index in [0.29, 0.717) is 37.9 Å². The fraction of sp³-hybridized carbons (Fsp3) is 0.635. The van der Waals surface area contributed by atoms with Crippen LogP contribution in [0.2, 0.25) is 0 Å². The molecule has 2 aromatic carbocycles. The Labute approximate surface area is 410 Å². The standard InChI is InChI=1S/C52H84N8O7S/c1-33(2)22-40(56-50(65)30-43(25-38-18-14-11-15-19-38)59-52(67)31-44(53)35(5)6)27-48(63)55-39(20-21-68-9)26-47(62)58-42(24-37-16-12-10-13-17-37)29-49(64)57-41(23-34(3)4)28-51(66)60-45(36(7)8)32-46(54)61/h10-19,33-36,39-45H,20-32,53H2,1-9H3,(H2,54,61)(H,55,63)(H,56,65)(H,57,64)(H,58,62)(H,59,67)(H,60,66)/t39-,40-,41-,42-,43-,44+,45+/m0/s1. The number of carbonyl (C=O) groups is 7. The molecule has 7 atom stereocenters. The molecule has 0 saturated carbocycles. The fourth-order valence-corrected chi connectivity index (χ4v) is 8.61. The molecule has 2 rings (SSSR count). The lowest BCUT2D eigenvalue weighted by Crippen LogP contribution is -2.48. The molecule has 0 aliphatic heterocycles. The molecule has 16 heteroatoms. The Morgan fingerprint density at radius 1 is 0.471 bits per heavy atom. The second-order valence-electron chi connectivity index (χ2n) is 20.0. The van der Waals surface area contributed by atoms with E-state index in [1.54, 1.807) is 11.8 Å². The van der Waals surface area contributed by atoms with Crippen LogP contribution in [-0.4, -0.2) is 95.7 Å². The monoisotopic (exact) mass is 965 g/mol. The van der Waals surface area contributed by atoms with Crippen LogP contribution >= 0.6 is 11.8 Å². The number of nitrogens with one attached hydrogen (secondary N) is 6. The number of hydrogen-bond acceptors (Lipinski definition) is 9. The van der Waals surface area contributed by atoms with Gasteiger partial charge in [-0.15, -0.1) is 0 Å². The summed E-state index contributed by atoms with van der Waals surface area (Å²) in [6.45, 7) is 15.8. The van der Waals surface area contributed by atoms with E-state index >= 15 is 0 Å². The molecule has 68 heavy (non-hydrogen) atoms. The van der Waals surface area contributed by atoms with Crippen molar-refractivity contribution in [2.45, 2.75) is 175 Å².